The molecular formula is C22H28N2O2. The summed E-state index contributed by atoms with van der Waals surface area (Å²) in [5.74, 6) is 0. The van der Waals surface area contributed by atoms with Gasteiger partial charge in [-0.3, -0.25) is 0 Å². The zero-order valence-corrected chi connectivity index (χ0v) is 15.2. The van der Waals surface area contributed by atoms with Crippen LogP contribution in [-0.2, 0) is 13.0 Å². The summed E-state index contributed by atoms with van der Waals surface area (Å²) in [5, 5.41) is 13.2. The van der Waals surface area contributed by atoms with E-state index in [9.17, 15) is 9.90 Å². The first-order valence-corrected chi connectivity index (χ1v) is 9.54. The van der Waals surface area contributed by atoms with Gasteiger partial charge in [-0.25, -0.2) is 4.79 Å². The summed E-state index contributed by atoms with van der Waals surface area (Å²) in [6, 6.07) is 20.1. The van der Waals surface area contributed by atoms with Crippen LogP contribution in [0.2, 0.25) is 0 Å². The van der Waals surface area contributed by atoms with E-state index in [4.69, 9.17) is 0 Å². The molecule has 0 radical (unpaired) electrons. The number of nitrogens with one attached hydrogen (secondary N) is 1. The number of benzene rings is 2. The Hall–Kier alpha value is -2.33. The normalized spacial score (nSPS) is 19.7. The van der Waals surface area contributed by atoms with Gasteiger partial charge in [0.25, 0.3) is 0 Å². The Morgan fingerprint density at radius 2 is 1.58 bits per heavy atom. The van der Waals surface area contributed by atoms with Crippen molar-refractivity contribution in [1.29, 1.82) is 0 Å². The van der Waals surface area contributed by atoms with Crippen molar-refractivity contribution in [3.05, 3.63) is 71.8 Å². The van der Waals surface area contributed by atoms with E-state index >= 15 is 0 Å². The molecule has 2 N–H and O–H groups in total. The molecule has 2 atom stereocenters. The Balaban J connectivity index is 1.65. The highest BCUT2D eigenvalue weighted by Crippen LogP contribution is 2.19. The van der Waals surface area contributed by atoms with Gasteiger partial charge in [-0.15, -0.1) is 0 Å². The minimum Gasteiger partial charge on any atom is -0.391 e. The highest BCUT2D eigenvalue weighted by Gasteiger charge is 2.26. The van der Waals surface area contributed by atoms with Crippen molar-refractivity contribution in [2.24, 2.45) is 0 Å². The summed E-state index contributed by atoms with van der Waals surface area (Å²) in [5.41, 5.74) is 2.33. The molecule has 1 fully saturated rings. The summed E-state index contributed by atoms with van der Waals surface area (Å²) in [7, 11) is 0. The van der Waals surface area contributed by atoms with Crippen LogP contribution in [0.5, 0.6) is 0 Å². The van der Waals surface area contributed by atoms with Crippen molar-refractivity contribution >= 4 is 6.03 Å². The van der Waals surface area contributed by atoms with Crippen LogP contribution in [0.4, 0.5) is 4.79 Å². The van der Waals surface area contributed by atoms with Crippen molar-refractivity contribution in [2.45, 2.75) is 50.8 Å². The molecule has 1 aliphatic carbocycles. The van der Waals surface area contributed by atoms with E-state index in [0.29, 0.717) is 13.1 Å². The van der Waals surface area contributed by atoms with Gasteiger partial charge in [0.2, 0.25) is 0 Å². The van der Waals surface area contributed by atoms with Crippen molar-refractivity contribution in [2.75, 3.05) is 6.54 Å². The van der Waals surface area contributed by atoms with Gasteiger partial charge >= 0.3 is 6.03 Å². The molecule has 2 aromatic rings. The van der Waals surface area contributed by atoms with Crippen LogP contribution >= 0.6 is 0 Å². The predicted octanol–water partition coefficient (Wildman–Crippen LogP) is 3.74. The van der Waals surface area contributed by atoms with Gasteiger partial charge in [0.15, 0.2) is 0 Å². The third kappa shape index (κ3) is 5.33. The van der Waals surface area contributed by atoms with Crippen molar-refractivity contribution in [3.63, 3.8) is 0 Å². The van der Waals surface area contributed by atoms with Crippen molar-refractivity contribution in [1.82, 2.24) is 10.2 Å². The molecule has 4 heteroatoms. The van der Waals surface area contributed by atoms with Crippen LogP contribution in [-0.4, -0.2) is 34.7 Å². The Bertz CT molecular complexity index is 675. The number of hydrogen-bond donors (Lipinski definition) is 2. The van der Waals surface area contributed by atoms with Gasteiger partial charge in [0.05, 0.1) is 12.1 Å². The average Bonchev–Trinajstić information content (AvgIpc) is 2.68. The predicted molar refractivity (Wildman–Crippen MR) is 104 cm³/mol. The van der Waals surface area contributed by atoms with E-state index in [1.54, 1.807) is 0 Å². The molecule has 1 aliphatic rings. The number of amides is 2. The number of carbonyl (C=O) groups is 1. The van der Waals surface area contributed by atoms with Crippen LogP contribution in [0.1, 0.15) is 36.8 Å². The number of hydrogen-bond acceptors (Lipinski definition) is 2. The largest absolute Gasteiger partial charge is 0.391 e. The van der Waals surface area contributed by atoms with Crippen LogP contribution in [0.3, 0.4) is 0 Å². The van der Waals surface area contributed by atoms with Gasteiger partial charge in [0, 0.05) is 13.1 Å². The Morgan fingerprint density at radius 3 is 2.23 bits per heavy atom. The molecule has 3 rings (SSSR count). The van der Waals surface area contributed by atoms with Gasteiger partial charge < -0.3 is 15.3 Å². The fourth-order valence-electron chi connectivity index (χ4n) is 3.49. The zero-order chi connectivity index (χ0) is 18.2. The third-order valence-electron chi connectivity index (χ3n) is 5.06. The molecule has 26 heavy (non-hydrogen) atoms. The van der Waals surface area contributed by atoms with E-state index < -0.39 is 6.10 Å². The lowest BCUT2D eigenvalue weighted by atomic mass is 9.93. The number of aliphatic hydroxyl groups excluding tert-OH is 1. The lowest BCUT2D eigenvalue weighted by molar-refractivity contribution is 0.0895. The maximum Gasteiger partial charge on any atom is 0.318 e. The molecule has 1 saturated carbocycles. The molecule has 0 bridgehead atoms. The zero-order valence-electron chi connectivity index (χ0n) is 15.2. The monoisotopic (exact) mass is 352 g/mol. The summed E-state index contributed by atoms with van der Waals surface area (Å²) in [6.07, 6.45) is 4.10. The average molecular weight is 352 g/mol. The van der Waals surface area contributed by atoms with E-state index in [-0.39, 0.29) is 12.1 Å². The number of carbonyl (C=O) groups excluding carboxylic acids is 1. The second kappa shape index (κ2) is 9.39. The lowest BCUT2D eigenvalue weighted by Crippen LogP contribution is -2.50. The second-order valence-electron chi connectivity index (χ2n) is 7.05. The molecule has 0 aromatic heterocycles. The number of nitrogens with zero attached hydrogens (tertiary/aromatic N) is 1. The van der Waals surface area contributed by atoms with Crippen LogP contribution in [0, 0.1) is 0 Å². The van der Waals surface area contributed by atoms with Crippen LogP contribution in [0.15, 0.2) is 60.7 Å². The maximum absolute atomic E-state index is 12.9. The van der Waals surface area contributed by atoms with Crippen molar-refractivity contribution in [3.8, 4) is 0 Å². The van der Waals surface area contributed by atoms with Crippen molar-refractivity contribution < 1.29 is 9.90 Å². The summed E-state index contributed by atoms with van der Waals surface area (Å²) >= 11 is 0. The quantitative estimate of drug-likeness (QED) is 0.832. The standard InChI is InChI=1S/C22H28N2O2/c25-21-14-8-7-13-20(21)23-22(26)24(17-19-11-5-2-6-12-19)16-15-18-9-3-1-4-10-18/h1-6,9-12,20-21,25H,7-8,13-17H2,(H,23,26)/t20-,21-/m1/s1. The first kappa shape index (κ1) is 18.5. The highest BCUT2D eigenvalue weighted by molar-refractivity contribution is 5.74. The minimum absolute atomic E-state index is 0.0873. The Kier molecular flexibility index (Phi) is 6.67. The number of urea groups is 1. The van der Waals surface area contributed by atoms with Gasteiger partial charge in [0.1, 0.15) is 0 Å². The molecule has 0 unspecified atom stereocenters. The molecule has 0 saturated heterocycles. The smallest absolute Gasteiger partial charge is 0.318 e. The van der Waals surface area contributed by atoms with Gasteiger partial charge in [-0.1, -0.05) is 73.5 Å². The van der Waals surface area contributed by atoms with E-state index in [2.05, 4.69) is 17.4 Å². The van der Waals surface area contributed by atoms with E-state index in [0.717, 1.165) is 37.7 Å². The lowest BCUT2D eigenvalue weighted by Gasteiger charge is -2.31. The van der Waals surface area contributed by atoms with E-state index in [1.165, 1.54) is 5.56 Å². The van der Waals surface area contributed by atoms with Crippen LogP contribution < -0.4 is 5.32 Å². The molecule has 2 aromatic carbocycles. The highest BCUT2D eigenvalue weighted by atomic mass is 16.3. The topological polar surface area (TPSA) is 52.6 Å². The molecular weight excluding hydrogens is 324 g/mol. The Morgan fingerprint density at radius 1 is 0.962 bits per heavy atom. The SMILES string of the molecule is O=C(N[C@@H]1CCCC[C@H]1O)N(CCc1ccccc1)Cc1ccccc1. The summed E-state index contributed by atoms with van der Waals surface area (Å²) in [6.45, 7) is 1.22. The molecule has 0 aliphatic heterocycles. The summed E-state index contributed by atoms with van der Waals surface area (Å²) in [4.78, 5) is 14.7. The first-order valence-electron chi connectivity index (χ1n) is 9.54. The molecule has 0 heterocycles. The van der Waals surface area contributed by atoms with Gasteiger partial charge in [-0.2, -0.15) is 0 Å². The van der Waals surface area contributed by atoms with Crippen LogP contribution in [0.25, 0.3) is 0 Å². The fourth-order valence-corrected chi connectivity index (χ4v) is 3.49. The summed E-state index contributed by atoms with van der Waals surface area (Å²) < 4.78 is 0. The third-order valence-corrected chi connectivity index (χ3v) is 5.06. The van der Waals surface area contributed by atoms with Gasteiger partial charge in [-0.05, 0) is 30.4 Å². The molecule has 4 nitrogen and oxygen atoms in total. The van der Waals surface area contributed by atoms with E-state index in [1.807, 2.05) is 53.4 Å². The Labute approximate surface area is 155 Å². The fraction of sp³-hybridized carbons (Fsp3) is 0.409. The number of aliphatic hydroxyl groups is 1. The molecule has 138 valence electrons. The second-order valence-corrected chi connectivity index (χ2v) is 7.05. The molecule has 0 spiro atoms. The minimum atomic E-state index is -0.430. The number of rotatable bonds is 6. The molecule has 2 amide bonds. The maximum atomic E-state index is 12.9. The first-order chi connectivity index (χ1) is 12.7.